The van der Waals surface area contributed by atoms with Crippen LogP contribution in [-0.2, 0) is 23.0 Å². The number of nitrogens with one attached hydrogen (secondary N) is 2. The molecule has 10 nitrogen and oxygen atoms in total. The van der Waals surface area contributed by atoms with Crippen molar-refractivity contribution in [1.82, 2.24) is 19.7 Å². The van der Waals surface area contributed by atoms with Crippen molar-refractivity contribution >= 4 is 44.8 Å². The Hall–Kier alpha value is -4.46. The minimum Gasteiger partial charge on any atom is -0.492 e. The number of nitrogens with zero attached hydrogens (tertiary/aromatic N) is 5. The second-order valence-corrected chi connectivity index (χ2v) is 10.1. The fourth-order valence-electron chi connectivity index (χ4n) is 5.15. The molecule has 41 heavy (non-hydrogen) atoms. The Morgan fingerprint density at radius 3 is 2.90 bits per heavy atom. The highest BCUT2D eigenvalue weighted by molar-refractivity contribution is 6.05. The molecule has 1 fully saturated rings. The molecule has 5 rings (SSSR count). The van der Waals surface area contributed by atoms with Crippen molar-refractivity contribution in [3.05, 3.63) is 59.9 Å². The van der Waals surface area contributed by atoms with Crippen molar-refractivity contribution in [3.63, 3.8) is 0 Å². The largest absolute Gasteiger partial charge is 0.492 e. The summed E-state index contributed by atoms with van der Waals surface area (Å²) in [6.45, 7) is 9.38. The van der Waals surface area contributed by atoms with E-state index in [-0.39, 0.29) is 12.0 Å². The van der Waals surface area contributed by atoms with Crippen LogP contribution in [0.2, 0.25) is 0 Å². The van der Waals surface area contributed by atoms with Crippen LogP contribution >= 0.6 is 0 Å². The highest BCUT2D eigenvalue weighted by atomic mass is 16.5. The van der Waals surface area contributed by atoms with Crippen LogP contribution in [-0.4, -0.2) is 64.5 Å². The van der Waals surface area contributed by atoms with Gasteiger partial charge in [-0.3, -0.25) is 19.4 Å². The Balaban J connectivity index is 1.50. The molecule has 1 saturated heterocycles. The lowest BCUT2D eigenvalue weighted by Crippen LogP contribution is -2.41. The zero-order valence-corrected chi connectivity index (χ0v) is 23.9. The number of amides is 1. The molecule has 2 aromatic carbocycles. The maximum absolute atomic E-state index is 12.9. The number of rotatable bonds is 9. The van der Waals surface area contributed by atoms with Gasteiger partial charge in [-0.1, -0.05) is 13.0 Å². The number of pyridine rings is 1. The quantitative estimate of drug-likeness (QED) is 0.281. The van der Waals surface area contributed by atoms with Gasteiger partial charge in [-0.25, -0.2) is 0 Å². The normalized spacial score (nSPS) is 15.8. The van der Waals surface area contributed by atoms with Crippen molar-refractivity contribution in [2.45, 2.75) is 33.3 Å². The van der Waals surface area contributed by atoms with Gasteiger partial charge in [0.15, 0.2) is 0 Å². The number of ether oxygens (including phenoxy) is 2. The van der Waals surface area contributed by atoms with Gasteiger partial charge in [0.2, 0.25) is 5.91 Å². The summed E-state index contributed by atoms with van der Waals surface area (Å²) in [5.41, 5.74) is 4.78. The summed E-state index contributed by atoms with van der Waals surface area (Å²) in [6.07, 6.45) is 5.99. The summed E-state index contributed by atoms with van der Waals surface area (Å²) in [5, 5.41) is 22.6. The van der Waals surface area contributed by atoms with Crippen LogP contribution in [0.3, 0.4) is 0 Å². The minimum absolute atomic E-state index is 0.187. The monoisotopic (exact) mass is 553 g/mol. The van der Waals surface area contributed by atoms with Crippen LogP contribution in [0.15, 0.2) is 48.7 Å². The number of carbonyl (C=O) groups excluding carboxylic acids is 1. The fraction of sp³-hybridized carbons (Fsp3) is 0.355. The van der Waals surface area contributed by atoms with E-state index in [0.717, 1.165) is 29.7 Å². The molecule has 0 radical (unpaired) electrons. The third-order valence-corrected chi connectivity index (χ3v) is 7.14. The van der Waals surface area contributed by atoms with Gasteiger partial charge in [0.25, 0.3) is 0 Å². The lowest BCUT2D eigenvalue weighted by molar-refractivity contribution is -0.111. The summed E-state index contributed by atoms with van der Waals surface area (Å²) >= 11 is 0. The maximum Gasteiger partial charge on any atom is 0.248 e. The highest BCUT2D eigenvalue weighted by Gasteiger charge is 2.19. The van der Waals surface area contributed by atoms with E-state index in [4.69, 9.17) is 14.5 Å². The number of anilines is 3. The van der Waals surface area contributed by atoms with Crippen molar-refractivity contribution in [3.8, 4) is 11.8 Å². The molecule has 3 heterocycles. The van der Waals surface area contributed by atoms with Gasteiger partial charge in [-0.2, -0.15) is 10.4 Å². The number of aromatic nitrogens is 3. The molecule has 2 N–H and O–H groups in total. The summed E-state index contributed by atoms with van der Waals surface area (Å²) in [6, 6.07) is 11.9. The Morgan fingerprint density at radius 2 is 2.15 bits per heavy atom. The van der Waals surface area contributed by atoms with E-state index >= 15 is 0 Å². The van der Waals surface area contributed by atoms with Crippen LogP contribution in [0.25, 0.3) is 21.8 Å². The molecular weight excluding hydrogens is 518 g/mol. The van der Waals surface area contributed by atoms with Crippen molar-refractivity contribution in [2.24, 2.45) is 7.05 Å². The Labute approximate surface area is 239 Å². The van der Waals surface area contributed by atoms with Crippen LogP contribution in [0.1, 0.15) is 32.0 Å². The molecule has 212 valence electrons. The van der Waals surface area contributed by atoms with Gasteiger partial charge in [-0.15, -0.1) is 0 Å². The number of aryl methyl sites for hydroxylation is 2. The first-order chi connectivity index (χ1) is 19.9. The van der Waals surface area contributed by atoms with Crippen LogP contribution < -0.4 is 15.4 Å². The van der Waals surface area contributed by atoms with Gasteiger partial charge in [-0.05, 0) is 44.5 Å². The minimum atomic E-state index is -0.262. The Kier molecular flexibility index (Phi) is 8.47. The van der Waals surface area contributed by atoms with Crippen LogP contribution in [0.5, 0.6) is 5.75 Å². The molecule has 1 amide bonds. The van der Waals surface area contributed by atoms with Crippen molar-refractivity contribution < 1.29 is 14.3 Å². The predicted octanol–water partition coefficient (Wildman–Crippen LogP) is 4.91. The number of hydrogen-bond donors (Lipinski definition) is 2. The maximum atomic E-state index is 12.9. The van der Waals surface area contributed by atoms with Gasteiger partial charge >= 0.3 is 0 Å². The number of nitriles is 1. The van der Waals surface area contributed by atoms with E-state index in [1.807, 2.05) is 75.1 Å². The number of fused-ring (bicyclic) bond motifs is 2. The van der Waals surface area contributed by atoms with Crippen LogP contribution in [0, 0.1) is 11.3 Å². The third kappa shape index (κ3) is 6.16. The molecule has 1 atom stereocenters. The van der Waals surface area contributed by atoms with Crippen LogP contribution in [0.4, 0.5) is 17.1 Å². The first-order valence-electron chi connectivity index (χ1n) is 13.9. The summed E-state index contributed by atoms with van der Waals surface area (Å²) in [7, 11) is 1.90. The lowest BCUT2D eigenvalue weighted by atomic mass is 10.0. The van der Waals surface area contributed by atoms with E-state index < -0.39 is 0 Å². The average Bonchev–Trinajstić information content (AvgIpc) is 3.33. The topological polar surface area (TPSA) is 117 Å². The number of hydrogen-bond acceptors (Lipinski definition) is 8. The zero-order chi connectivity index (χ0) is 28.9. The summed E-state index contributed by atoms with van der Waals surface area (Å²) < 4.78 is 13.3. The van der Waals surface area contributed by atoms with Gasteiger partial charge in [0.1, 0.15) is 11.8 Å². The van der Waals surface area contributed by atoms with E-state index in [0.29, 0.717) is 65.5 Å². The van der Waals surface area contributed by atoms with Gasteiger partial charge in [0, 0.05) is 55.3 Å². The van der Waals surface area contributed by atoms with E-state index in [9.17, 15) is 10.1 Å². The first kappa shape index (κ1) is 28.1. The van der Waals surface area contributed by atoms with E-state index in [1.165, 1.54) is 0 Å². The molecule has 0 bridgehead atoms. The molecule has 2 aromatic heterocycles. The molecule has 4 aromatic rings. The summed E-state index contributed by atoms with van der Waals surface area (Å²) in [4.78, 5) is 20.0. The average molecular weight is 554 g/mol. The number of morpholine rings is 1. The standard InChI is InChI=1S/C31H35N7O3/c1-5-25-24(17-32)31(34-22-9-10-28-21(14-22)18-33-37(28)4)23-15-27(29(40-6-2)16-26(23)35-25)36-30(39)8-7-11-38-12-13-41-20(3)19-38/h7-10,14-16,18,20H,5-6,11-13,19H2,1-4H3,(H,34,35)(H,36,39)/b8-7+/t20-/m0/s1. The SMILES string of the molecule is CCOc1cc2nc(CC)c(C#N)c(Nc3ccc4c(cnn4C)c3)c2cc1NC(=O)/C=C/CN1CCO[C@@H](C)C1. The van der Waals surface area contributed by atoms with E-state index in [2.05, 4.69) is 26.7 Å². The Bertz CT molecular complexity index is 1650. The van der Waals surface area contributed by atoms with Gasteiger partial charge < -0.3 is 20.1 Å². The first-order valence-corrected chi connectivity index (χ1v) is 13.9. The van der Waals surface area contributed by atoms with Crippen molar-refractivity contribution in [2.75, 3.05) is 43.5 Å². The highest BCUT2D eigenvalue weighted by Crippen LogP contribution is 2.38. The van der Waals surface area contributed by atoms with Crippen molar-refractivity contribution in [1.29, 1.82) is 5.26 Å². The second-order valence-electron chi connectivity index (χ2n) is 10.1. The lowest BCUT2D eigenvalue weighted by Gasteiger charge is -2.30. The van der Waals surface area contributed by atoms with Gasteiger partial charge in [0.05, 0.1) is 59.2 Å². The molecule has 0 unspecified atom stereocenters. The smallest absolute Gasteiger partial charge is 0.248 e. The zero-order valence-electron chi connectivity index (χ0n) is 23.9. The Morgan fingerprint density at radius 1 is 1.29 bits per heavy atom. The second kappa shape index (κ2) is 12.4. The molecule has 1 aliphatic rings. The molecule has 10 heteroatoms. The fourth-order valence-corrected chi connectivity index (χ4v) is 5.15. The summed E-state index contributed by atoms with van der Waals surface area (Å²) in [5.74, 6) is 0.257. The third-order valence-electron chi connectivity index (χ3n) is 7.14. The number of carbonyl (C=O) groups is 1. The molecule has 0 aliphatic carbocycles. The van der Waals surface area contributed by atoms with E-state index in [1.54, 1.807) is 6.08 Å². The number of benzene rings is 2. The predicted molar refractivity (Wildman–Crippen MR) is 161 cm³/mol. The molecule has 1 aliphatic heterocycles. The molecule has 0 spiro atoms. The molecular formula is C31H35N7O3. The molecule has 0 saturated carbocycles.